The molecule has 0 atom stereocenters. The summed E-state index contributed by atoms with van der Waals surface area (Å²) in [5, 5.41) is 4.85. The van der Waals surface area contributed by atoms with E-state index in [2.05, 4.69) is 20.5 Å². The molecule has 31 heavy (non-hydrogen) atoms. The number of nitrogens with one attached hydrogen (secondary N) is 1. The number of pyridine rings is 2. The van der Waals surface area contributed by atoms with Crippen molar-refractivity contribution >= 4 is 23.0 Å². The Labute approximate surface area is 179 Å². The fourth-order valence-corrected chi connectivity index (χ4v) is 3.17. The highest BCUT2D eigenvalue weighted by Crippen LogP contribution is 2.25. The molecular formula is C24H20N4O3. The fourth-order valence-electron chi connectivity index (χ4n) is 3.17. The number of amides is 1. The number of para-hydroxylation sites is 1. The van der Waals surface area contributed by atoms with Crippen molar-refractivity contribution in [1.29, 1.82) is 0 Å². The molecule has 0 spiro atoms. The van der Waals surface area contributed by atoms with E-state index in [1.807, 2.05) is 36.4 Å². The number of hydrogen-bond donors (Lipinski definition) is 1. The molecule has 0 radical (unpaired) electrons. The zero-order chi connectivity index (χ0) is 21.6. The third-order valence-electron chi connectivity index (χ3n) is 4.73. The number of benzene rings is 2. The minimum absolute atomic E-state index is 0.340. The van der Waals surface area contributed by atoms with Crippen LogP contribution in [0.15, 0.2) is 78.2 Å². The minimum Gasteiger partial charge on any atom is -0.497 e. The Bertz CT molecular complexity index is 1260. The van der Waals surface area contributed by atoms with Crippen LogP contribution in [-0.2, 0) is 0 Å². The van der Waals surface area contributed by atoms with E-state index in [1.165, 1.54) is 6.21 Å². The van der Waals surface area contributed by atoms with Crippen molar-refractivity contribution in [3.05, 3.63) is 84.2 Å². The molecule has 2 aromatic carbocycles. The van der Waals surface area contributed by atoms with Gasteiger partial charge in [-0.25, -0.2) is 10.4 Å². The molecule has 0 fully saturated rings. The van der Waals surface area contributed by atoms with Gasteiger partial charge in [-0.15, -0.1) is 0 Å². The summed E-state index contributed by atoms with van der Waals surface area (Å²) >= 11 is 0. The predicted molar refractivity (Wildman–Crippen MR) is 120 cm³/mol. The maximum atomic E-state index is 13.0. The van der Waals surface area contributed by atoms with Crippen molar-refractivity contribution in [1.82, 2.24) is 15.4 Å². The molecule has 0 bridgehead atoms. The first-order valence-corrected chi connectivity index (χ1v) is 9.55. The summed E-state index contributed by atoms with van der Waals surface area (Å²) in [4.78, 5) is 21.8. The Balaban J connectivity index is 1.64. The van der Waals surface area contributed by atoms with Gasteiger partial charge in [0.05, 0.1) is 37.2 Å². The van der Waals surface area contributed by atoms with Crippen LogP contribution in [0.5, 0.6) is 11.5 Å². The number of ether oxygens (including phenoxy) is 2. The number of aromatic nitrogens is 2. The number of hydrogen-bond acceptors (Lipinski definition) is 6. The number of carbonyl (C=O) groups excluding carboxylic acids is 1. The summed E-state index contributed by atoms with van der Waals surface area (Å²) in [7, 11) is 3.15. The first kappa shape index (κ1) is 20.0. The standard InChI is InChI=1S/C24H20N4O3/c1-30-18-10-9-17(23(12-18)31-2)15-26-28-24(29)20-13-22(16-6-5-11-25-14-16)27-21-8-4-3-7-19(20)21/h3-15H,1-2H3,(H,28,29)/b26-15-. The van der Waals surface area contributed by atoms with Gasteiger partial charge >= 0.3 is 0 Å². The van der Waals surface area contributed by atoms with Gasteiger partial charge in [-0.3, -0.25) is 9.78 Å². The highest BCUT2D eigenvalue weighted by Gasteiger charge is 2.13. The Kier molecular flexibility index (Phi) is 5.84. The van der Waals surface area contributed by atoms with Crippen molar-refractivity contribution in [2.45, 2.75) is 0 Å². The molecule has 0 aliphatic rings. The van der Waals surface area contributed by atoms with E-state index in [9.17, 15) is 4.79 Å². The Morgan fingerprint density at radius 2 is 1.90 bits per heavy atom. The largest absolute Gasteiger partial charge is 0.497 e. The van der Waals surface area contributed by atoms with Gasteiger partial charge in [0.1, 0.15) is 11.5 Å². The predicted octanol–water partition coefficient (Wildman–Crippen LogP) is 4.08. The molecule has 4 aromatic rings. The summed E-state index contributed by atoms with van der Waals surface area (Å²) in [5.41, 5.74) is 5.99. The molecule has 1 amide bonds. The van der Waals surface area contributed by atoms with Gasteiger partial charge in [-0.1, -0.05) is 18.2 Å². The molecule has 0 unspecified atom stereocenters. The molecule has 7 nitrogen and oxygen atoms in total. The van der Waals surface area contributed by atoms with E-state index in [-0.39, 0.29) is 5.91 Å². The van der Waals surface area contributed by atoms with Crippen LogP contribution < -0.4 is 14.9 Å². The third kappa shape index (κ3) is 4.35. The topological polar surface area (TPSA) is 85.7 Å². The van der Waals surface area contributed by atoms with Crippen molar-refractivity contribution in [3.8, 4) is 22.8 Å². The number of carbonyl (C=O) groups is 1. The van der Waals surface area contributed by atoms with Gasteiger partial charge in [0.25, 0.3) is 5.91 Å². The average Bonchev–Trinajstić information content (AvgIpc) is 2.83. The highest BCUT2D eigenvalue weighted by atomic mass is 16.5. The number of hydrazone groups is 1. The van der Waals surface area contributed by atoms with E-state index in [0.717, 1.165) is 16.5 Å². The Morgan fingerprint density at radius 1 is 1.03 bits per heavy atom. The fraction of sp³-hybridized carbons (Fsp3) is 0.0833. The summed E-state index contributed by atoms with van der Waals surface area (Å²) < 4.78 is 10.6. The van der Waals surface area contributed by atoms with Crippen molar-refractivity contribution in [3.63, 3.8) is 0 Å². The molecule has 1 N–H and O–H groups in total. The Hall–Kier alpha value is -4.26. The van der Waals surface area contributed by atoms with Crippen molar-refractivity contribution in [2.75, 3.05) is 14.2 Å². The van der Waals surface area contributed by atoms with Crippen molar-refractivity contribution < 1.29 is 14.3 Å². The molecule has 0 aliphatic carbocycles. The maximum Gasteiger partial charge on any atom is 0.272 e. The average molecular weight is 412 g/mol. The monoisotopic (exact) mass is 412 g/mol. The van der Waals surface area contributed by atoms with E-state index < -0.39 is 0 Å². The lowest BCUT2D eigenvalue weighted by Crippen LogP contribution is -2.18. The van der Waals surface area contributed by atoms with E-state index in [0.29, 0.717) is 28.3 Å². The van der Waals surface area contributed by atoms with Gasteiger partial charge in [0, 0.05) is 35.0 Å². The molecule has 7 heteroatoms. The summed E-state index contributed by atoms with van der Waals surface area (Å²) in [6.45, 7) is 0. The summed E-state index contributed by atoms with van der Waals surface area (Å²) in [6, 6.07) is 18.3. The van der Waals surface area contributed by atoms with Crippen LogP contribution >= 0.6 is 0 Å². The van der Waals surface area contributed by atoms with Crippen LogP contribution in [-0.4, -0.2) is 36.3 Å². The number of fused-ring (bicyclic) bond motifs is 1. The van der Waals surface area contributed by atoms with Crippen LogP contribution in [0.1, 0.15) is 15.9 Å². The molecule has 2 heterocycles. The minimum atomic E-state index is -0.340. The van der Waals surface area contributed by atoms with Crippen LogP contribution in [0.25, 0.3) is 22.2 Å². The molecular weight excluding hydrogens is 392 g/mol. The second-order valence-electron chi connectivity index (χ2n) is 6.62. The molecule has 0 saturated carbocycles. The second kappa shape index (κ2) is 9.04. The van der Waals surface area contributed by atoms with Crippen LogP contribution in [0.4, 0.5) is 0 Å². The van der Waals surface area contributed by atoms with Crippen LogP contribution in [0.3, 0.4) is 0 Å². The first-order valence-electron chi connectivity index (χ1n) is 9.55. The van der Waals surface area contributed by atoms with E-state index >= 15 is 0 Å². The smallest absolute Gasteiger partial charge is 0.272 e. The first-order chi connectivity index (χ1) is 15.2. The van der Waals surface area contributed by atoms with Crippen LogP contribution in [0.2, 0.25) is 0 Å². The van der Waals surface area contributed by atoms with Gasteiger partial charge in [-0.2, -0.15) is 5.10 Å². The van der Waals surface area contributed by atoms with E-state index in [1.54, 1.807) is 50.9 Å². The third-order valence-corrected chi connectivity index (χ3v) is 4.73. The zero-order valence-electron chi connectivity index (χ0n) is 17.1. The van der Waals surface area contributed by atoms with E-state index in [4.69, 9.17) is 9.47 Å². The SMILES string of the molecule is COc1ccc(/C=N\NC(=O)c2cc(-c3cccnc3)nc3ccccc23)c(OC)c1. The zero-order valence-corrected chi connectivity index (χ0v) is 17.1. The summed E-state index contributed by atoms with van der Waals surface area (Å²) in [6.07, 6.45) is 4.94. The molecule has 154 valence electrons. The van der Waals surface area contributed by atoms with Crippen LogP contribution in [0, 0.1) is 0 Å². The lowest BCUT2D eigenvalue weighted by Gasteiger charge is -2.09. The second-order valence-corrected chi connectivity index (χ2v) is 6.62. The van der Waals surface area contributed by atoms with Gasteiger partial charge in [-0.05, 0) is 36.4 Å². The highest BCUT2D eigenvalue weighted by molar-refractivity contribution is 6.07. The van der Waals surface area contributed by atoms with Gasteiger partial charge < -0.3 is 9.47 Å². The number of rotatable bonds is 6. The quantitative estimate of drug-likeness (QED) is 0.381. The normalized spacial score (nSPS) is 10.9. The Morgan fingerprint density at radius 3 is 2.68 bits per heavy atom. The van der Waals surface area contributed by atoms with Gasteiger partial charge in [0.2, 0.25) is 0 Å². The lowest BCUT2D eigenvalue weighted by atomic mass is 10.0. The van der Waals surface area contributed by atoms with Gasteiger partial charge in [0.15, 0.2) is 0 Å². The molecule has 4 rings (SSSR count). The lowest BCUT2D eigenvalue weighted by molar-refractivity contribution is 0.0956. The summed E-state index contributed by atoms with van der Waals surface area (Å²) in [5.74, 6) is 0.919. The maximum absolute atomic E-state index is 13.0. The van der Waals surface area contributed by atoms with Crippen molar-refractivity contribution in [2.24, 2.45) is 5.10 Å². The molecule has 0 saturated heterocycles. The number of methoxy groups -OCH3 is 2. The number of nitrogens with zero attached hydrogens (tertiary/aromatic N) is 3. The molecule has 2 aromatic heterocycles. The molecule has 0 aliphatic heterocycles.